The summed E-state index contributed by atoms with van der Waals surface area (Å²) in [6, 6.07) is 0.694. The number of aromatic nitrogens is 1. The molecule has 0 saturated heterocycles. The van der Waals surface area contributed by atoms with Crippen LogP contribution in [-0.2, 0) is 6.42 Å². The van der Waals surface area contributed by atoms with Crippen LogP contribution in [-0.4, -0.2) is 17.6 Å². The second-order valence-electron chi connectivity index (χ2n) is 8.07. The highest BCUT2D eigenvalue weighted by Gasteiger charge is 2.52. The fraction of sp³-hybridized carbons (Fsp3) is 0.833. The third-order valence-corrected chi connectivity index (χ3v) is 7.65. The number of nitrogens with zero attached hydrogens (tertiary/aromatic N) is 1. The van der Waals surface area contributed by atoms with Crippen molar-refractivity contribution in [3.8, 4) is 0 Å². The lowest BCUT2D eigenvalue weighted by atomic mass is 9.48. The maximum Gasteiger partial charge on any atom is 0.0797 e. The van der Waals surface area contributed by atoms with E-state index in [0.29, 0.717) is 11.5 Å². The molecule has 3 heteroatoms. The zero-order chi connectivity index (χ0) is 14.4. The molecule has 4 saturated carbocycles. The number of rotatable bonds is 5. The van der Waals surface area contributed by atoms with Crippen LogP contribution in [0.2, 0.25) is 0 Å². The second-order valence-corrected chi connectivity index (χ2v) is 9.01. The Morgan fingerprint density at radius 3 is 2.38 bits per heavy atom. The van der Waals surface area contributed by atoms with E-state index in [4.69, 9.17) is 0 Å². The molecule has 1 unspecified atom stereocenters. The fourth-order valence-electron chi connectivity index (χ4n) is 5.89. The second kappa shape index (κ2) is 5.34. The molecular formula is C18H28N2S. The van der Waals surface area contributed by atoms with Crippen molar-refractivity contribution in [2.75, 3.05) is 6.54 Å². The van der Waals surface area contributed by atoms with Crippen LogP contribution >= 0.6 is 11.3 Å². The van der Waals surface area contributed by atoms with Crippen molar-refractivity contribution >= 4 is 11.3 Å². The summed E-state index contributed by atoms with van der Waals surface area (Å²) in [6.07, 6.45) is 10.3. The smallest absolute Gasteiger partial charge is 0.0797 e. The van der Waals surface area contributed by atoms with Gasteiger partial charge in [0.1, 0.15) is 0 Å². The molecular weight excluding hydrogens is 276 g/mol. The quantitative estimate of drug-likeness (QED) is 0.882. The minimum atomic E-state index is 0.636. The van der Waals surface area contributed by atoms with Gasteiger partial charge in [-0.25, -0.2) is 4.98 Å². The van der Waals surface area contributed by atoms with Crippen molar-refractivity contribution in [2.45, 2.75) is 64.8 Å². The van der Waals surface area contributed by atoms with Crippen molar-refractivity contribution in [3.63, 3.8) is 0 Å². The van der Waals surface area contributed by atoms with E-state index < -0.39 is 0 Å². The van der Waals surface area contributed by atoms with Gasteiger partial charge in [-0.1, -0.05) is 0 Å². The van der Waals surface area contributed by atoms with Gasteiger partial charge in [0, 0.05) is 17.5 Å². The topological polar surface area (TPSA) is 24.9 Å². The number of hydrogen-bond acceptors (Lipinski definition) is 3. The van der Waals surface area contributed by atoms with Gasteiger partial charge in [0.15, 0.2) is 0 Å². The third-order valence-electron chi connectivity index (χ3n) is 6.65. The number of aryl methyl sites for hydroxylation is 1. The van der Waals surface area contributed by atoms with Crippen LogP contribution in [0.4, 0.5) is 0 Å². The summed E-state index contributed by atoms with van der Waals surface area (Å²) < 4.78 is 0. The lowest BCUT2D eigenvalue weighted by molar-refractivity contribution is -0.0702. The molecule has 1 aromatic rings. The first-order valence-corrected chi connectivity index (χ1v) is 9.65. The number of nitrogens with one attached hydrogen (secondary N) is 1. The Bertz CT molecular complexity index is 472. The molecule has 4 aliphatic rings. The Hall–Kier alpha value is -0.410. The summed E-state index contributed by atoms with van der Waals surface area (Å²) >= 11 is 1.81. The van der Waals surface area contributed by atoms with Crippen LogP contribution in [0.5, 0.6) is 0 Å². The minimum Gasteiger partial charge on any atom is -0.313 e. The van der Waals surface area contributed by atoms with E-state index in [-0.39, 0.29) is 0 Å². The largest absolute Gasteiger partial charge is 0.313 e. The van der Waals surface area contributed by atoms with Crippen LogP contribution in [0.1, 0.15) is 56.0 Å². The zero-order valence-electron chi connectivity index (χ0n) is 13.4. The zero-order valence-corrected chi connectivity index (χ0v) is 14.2. The van der Waals surface area contributed by atoms with Gasteiger partial charge in [-0.3, -0.25) is 0 Å². The summed E-state index contributed by atoms with van der Waals surface area (Å²) in [7, 11) is 0. The highest BCUT2D eigenvalue weighted by atomic mass is 32.1. The number of hydrogen-bond donors (Lipinski definition) is 1. The highest BCUT2D eigenvalue weighted by molar-refractivity contribution is 7.09. The molecule has 0 aromatic carbocycles. The van der Waals surface area contributed by atoms with Crippen LogP contribution in [0.3, 0.4) is 0 Å². The van der Waals surface area contributed by atoms with Gasteiger partial charge in [0.25, 0.3) is 0 Å². The van der Waals surface area contributed by atoms with Crippen molar-refractivity contribution in [1.29, 1.82) is 0 Å². The van der Waals surface area contributed by atoms with Gasteiger partial charge >= 0.3 is 0 Å². The highest BCUT2D eigenvalue weighted by Crippen LogP contribution is 2.61. The molecule has 4 fully saturated rings. The molecule has 116 valence electrons. The molecule has 1 heterocycles. The first-order chi connectivity index (χ1) is 10.1. The number of thiazole rings is 1. The first-order valence-electron chi connectivity index (χ1n) is 8.77. The van der Waals surface area contributed by atoms with Crippen LogP contribution < -0.4 is 5.32 Å². The third kappa shape index (κ3) is 2.57. The summed E-state index contributed by atoms with van der Waals surface area (Å²) in [6.45, 7) is 5.72. The van der Waals surface area contributed by atoms with E-state index in [9.17, 15) is 0 Å². The maximum atomic E-state index is 4.36. The molecule has 0 spiro atoms. The fourth-order valence-corrected chi connectivity index (χ4v) is 6.67. The molecule has 4 bridgehead atoms. The maximum absolute atomic E-state index is 4.36. The Balaban J connectivity index is 1.36. The van der Waals surface area contributed by atoms with Crippen molar-refractivity contribution in [2.24, 2.45) is 23.2 Å². The molecule has 4 aliphatic carbocycles. The normalized spacial score (nSPS) is 38.9. The summed E-state index contributed by atoms with van der Waals surface area (Å²) in [4.78, 5) is 5.82. The van der Waals surface area contributed by atoms with E-state index in [1.54, 1.807) is 19.3 Å². The molecule has 1 atom stereocenters. The van der Waals surface area contributed by atoms with Gasteiger partial charge in [-0.2, -0.15) is 0 Å². The molecule has 2 nitrogen and oxygen atoms in total. The van der Waals surface area contributed by atoms with Gasteiger partial charge in [0.05, 0.1) is 11.2 Å². The van der Waals surface area contributed by atoms with E-state index in [1.165, 1.54) is 29.8 Å². The van der Waals surface area contributed by atoms with Crippen LogP contribution in [0.15, 0.2) is 5.51 Å². The van der Waals surface area contributed by atoms with E-state index >= 15 is 0 Å². The molecule has 5 rings (SSSR count). The summed E-state index contributed by atoms with van der Waals surface area (Å²) in [5.41, 5.74) is 3.84. The SMILES string of the molecule is Cc1ncsc1CCNC(C)C12CC3CC(CC(C3)C1)C2. The molecule has 0 amide bonds. The average Bonchev–Trinajstić information content (AvgIpc) is 2.83. The molecule has 0 aliphatic heterocycles. The lowest BCUT2D eigenvalue weighted by Crippen LogP contribution is -2.55. The van der Waals surface area contributed by atoms with Gasteiger partial charge in [0.2, 0.25) is 0 Å². The van der Waals surface area contributed by atoms with Crippen molar-refractivity contribution < 1.29 is 0 Å². The molecule has 0 radical (unpaired) electrons. The monoisotopic (exact) mass is 304 g/mol. The Kier molecular flexibility index (Phi) is 3.61. The van der Waals surface area contributed by atoms with Crippen LogP contribution in [0, 0.1) is 30.1 Å². The average molecular weight is 305 g/mol. The Morgan fingerprint density at radius 1 is 1.24 bits per heavy atom. The Morgan fingerprint density at radius 2 is 1.86 bits per heavy atom. The van der Waals surface area contributed by atoms with Gasteiger partial charge in [-0.05, 0) is 82.0 Å². The Labute approximate surface area is 132 Å². The van der Waals surface area contributed by atoms with Gasteiger partial charge < -0.3 is 5.32 Å². The summed E-state index contributed by atoms with van der Waals surface area (Å²) in [5, 5.41) is 3.88. The van der Waals surface area contributed by atoms with Crippen molar-refractivity contribution in [3.05, 3.63) is 16.1 Å². The lowest BCUT2D eigenvalue weighted by Gasteiger charge is -2.59. The molecule has 1 N–H and O–H groups in total. The van der Waals surface area contributed by atoms with E-state index in [2.05, 4.69) is 24.1 Å². The van der Waals surface area contributed by atoms with Crippen LogP contribution in [0.25, 0.3) is 0 Å². The minimum absolute atomic E-state index is 0.636. The first kappa shape index (κ1) is 14.2. The molecule has 1 aromatic heterocycles. The van der Waals surface area contributed by atoms with Gasteiger partial charge in [-0.15, -0.1) is 11.3 Å². The predicted molar refractivity (Wildman–Crippen MR) is 88.6 cm³/mol. The molecule has 21 heavy (non-hydrogen) atoms. The summed E-state index contributed by atoms with van der Waals surface area (Å²) in [5.74, 6) is 3.18. The van der Waals surface area contributed by atoms with E-state index in [1.807, 2.05) is 16.8 Å². The van der Waals surface area contributed by atoms with E-state index in [0.717, 1.165) is 30.7 Å². The van der Waals surface area contributed by atoms with Crippen molar-refractivity contribution in [1.82, 2.24) is 10.3 Å². The predicted octanol–water partition coefficient (Wildman–Crippen LogP) is 4.19. The standard InChI is InChI=1S/C18H28N2S/c1-12-17(21-11-20-12)3-4-19-13(2)18-8-14-5-15(9-18)7-16(6-14)10-18/h11,13-16,19H,3-10H2,1-2H3.